The van der Waals surface area contributed by atoms with Crippen LogP contribution in [0.4, 0.5) is 0 Å². The standard InChI is InChI=1S/C22H18ClN5O3S2/c23-17-5-4-15-11-20(32-19(15)12-17)33(30,31)28-9-7-27(8-10-28)22(29)16-13-25-21(26-14-16)18-3-1-2-6-24-18/h1-6,11-14H,7-10H2. The van der Waals surface area contributed by atoms with Crippen LogP contribution in [0.5, 0.6) is 0 Å². The number of sulfonamides is 1. The second-order valence-electron chi connectivity index (χ2n) is 7.45. The Morgan fingerprint density at radius 1 is 0.970 bits per heavy atom. The molecule has 0 spiro atoms. The number of halogens is 1. The van der Waals surface area contributed by atoms with Gasteiger partial charge in [0, 0.05) is 54.5 Å². The molecule has 1 saturated heterocycles. The molecule has 0 aliphatic carbocycles. The Hall–Kier alpha value is -2.92. The summed E-state index contributed by atoms with van der Waals surface area (Å²) >= 11 is 7.22. The molecule has 1 fully saturated rings. The van der Waals surface area contributed by atoms with Crippen molar-refractivity contribution in [2.24, 2.45) is 0 Å². The third kappa shape index (κ3) is 4.34. The van der Waals surface area contributed by atoms with Crippen LogP contribution in [0.3, 0.4) is 0 Å². The zero-order valence-electron chi connectivity index (χ0n) is 17.3. The number of pyridine rings is 1. The molecule has 0 bridgehead atoms. The predicted molar refractivity (Wildman–Crippen MR) is 127 cm³/mol. The van der Waals surface area contributed by atoms with Crippen molar-refractivity contribution in [3.8, 4) is 11.5 Å². The van der Waals surface area contributed by atoms with Gasteiger partial charge in [0.15, 0.2) is 5.82 Å². The molecule has 4 heterocycles. The third-order valence-corrected chi connectivity index (χ3v) is 9.05. The zero-order valence-corrected chi connectivity index (χ0v) is 19.6. The van der Waals surface area contributed by atoms with Gasteiger partial charge in [-0.15, -0.1) is 11.3 Å². The SMILES string of the molecule is O=C(c1cnc(-c2ccccn2)nc1)N1CCN(S(=O)(=O)c2cc3ccc(Cl)cc3s2)CC1. The Balaban J connectivity index is 1.26. The molecule has 5 rings (SSSR count). The summed E-state index contributed by atoms with van der Waals surface area (Å²) in [6.07, 6.45) is 4.61. The van der Waals surface area contributed by atoms with Crippen LogP contribution in [-0.2, 0) is 10.0 Å². The fourth-order valence-corrected chi connectivity index (χ4v) is 6.87. The molecule has 4 aromatic rings. The Kier molecular flexibility index (Phi) is 5.83. The Bertz CT molecular complexity index is 1420. The molecule has 1 aromatic carbocycles. The van der Waals surface area contributed by atoms with Crippen molar-refractivity contribution in [3.63, 3.8) is 0 Å². The number of carbonyl (C=O) groups excluding carboxylic acids is 1. The van der Waals surface area contributed by atoms with Gasteiger partial charge in [-0.25, -0.2) is 18.4 Å². The maximum atomic E-state index is 13.1. The van der Waals surface area contributed by atoms with Crippen LogP contribution in [0, 0.1) is 0 Å². The molecule has 168 valence electrons. The number of carbonyl (C=O) groups is 1. The van der Waals surface area contributed by atoms with Crippen molar-refractivity contribution in [1.82, 2.24) is 24.2 Å². The van der Waals surface area contributed by atoms with Gasteiger partial charge in [0.25, 0.3) is 15.9 Å². The molecule has 11 heteroatoms. The number of hydrogen-bond acceptors (Lipinski definition) is 7. The van der Waals surface area contributed by atoms with E-state index >= 15 is 0 Å². The number of fused-ring (bicyclic) bond motifs is 1. The quantitative estimate of drug-likeness (QED) is 0.426. The lowest BCUT2D eigenvalue weighted by Crippen LogP contribution is -2.50. The first-order valence-corrected chi connectivity index (χ1v) is 12.8. The van der Waals surface area contributed by atoms with E-state index in [1.165, 1.54) is 28.0 Å². The van der Waals surface area contributed by atoms with Gasteiger partial charge in [-0.1, -0.05) is 23.7 Å². The Labute approximate surface area is 199 Å². The molecule has 0 saturated carbocycles. The first kappa shape index (κ1) is 21.9. The molecule has 1 amide bonds. The summed E-state index contributed by atoms with van der Waals surface area (Å²) < 4.78 is 28.8. The number of thiophene rings is 1. The third-order valence-electron chi connectivity index (χ3n) is 5.37. The number of piperazine rings is 1. The number of nitrogens with zero attached hydrogens (tertiary/aromatic N) is 5. The van der Waals surface area contributed by atoms with E-state index in [0.717, 1.165) is 10.1 Å². The lowest BCUT2D eigenvalue weighted by Gasteiger charge is -2.33. The van der Waals surface area contributed by atoms with Gasteiger partial charge in [0.2, 0.25) is 0 Å². The minimum atomic E-state index is -3.65. The normalized spacial score (nSPS) is 15.1. The summed E-state index contributed by atoms with van der Waals surface area (Å²) in [6, 6.07) is 12.4. The van der Waals surface area contributed by atoms with E-state index in [1.807, 2.05) is 12.1 Å². The summed E-state index contributed by atoms with van der Waals surface area (Å²) in [6.45, 7) is 1.01. The van der Waals surface area contributed by atoms with Crippen LogP contribution < -0.4 is 0 Å². The lowest BCUT2D eigenvalue weighted by molar-refractivity contribution is 0.0697. The van der Waals surface area contributed by atoms with Crippen molar-refractivity contribution in [2.75, 3.05) is 26.2 Å². The molecular weight excluding hydrogens is 482 g/mol. The molecule has 0 atom stereocenters. The van der Waals surface area contributed by atoms with E-state index < -0.39 is 10.0 Å². The summed E-state index contributed by atoms with van der Waals surface area (Å²) in [4.78, 5) is 27.2. The molecule has 0 N–H and O–H groups in total. The summed E-state index contributed by atoms with van der Waals surface area (Å²) in [5.74, 6) is 0.212. The molecule has 3 aromatic heterocycles. The first-order valence-electron chi connectivity index (χ1n) is 10.1. The van der Waals surface area contributed by atoms with E-state index in [1.54, 1.807) is 41.4 Å². The number of amides is 1. The van der Waals surface area contributed by atoms with Crippen LogP contribution in [0.15, 0.2) is 65.3 Å². The zero-order chi connectivity index (χ0) is 23.0. The van der Waals surface area contributed by atoms with E-state index in [-0.39, 0.29) is 36.3 Å². The van der Waals surface area contributed by atoms with Crippen LogP contribution >= 0.6 is 22.9 Å². The highest BCUT2D eigenvalue weighted by Crippen LogP contribution is 2.33. The van der Waals surface area contributed by atoms with Gasteiger partial charge in [0.05, 0.1) is 5.56 Å². The van der Waals surface area contributed by atoms with Crippen LogP contribution in [0.2, 0.25) is 5.02 Å². The monoisotopic (exact) mass is 499 g/mol. The molecule has 1 aliphatic rings. The molecular formula is C22H18ClN5O3S2. The topological polar surface area (TPSA) is 96.4 Å². The Morgan fingerprint density at radius 3 is 2.42 bits per heavy atom. The van der Waals surface area contributed by atoms with E-state index in [4.69, 9.17) is 11.6 Å². The highest BCUT2D eigenvalue weighted by Gasteiger charge is 2.31. The lowest BCUT2D eigenvalue weighted by atomic mass is 10.2. The van der Waals surface area contributed by atoms with Gasteiger partial charge < -0.3 is 4.90 Å². The van der Waals surface area contributed by atoms with Gasteiger partial charge in [-0.2, -0.15) is 4.31 Å². The number of benzene rings is 1. The van der Waals surface area contributed by atoms with Gasteiger partial charge in [0.1, 0.15) is 9.90 Å². The van der Waals surface area contributed by atoms with Gasteiger partial charge in [-0.3, -0.25) is 9.78 Å². The number of hydrogen-bond donors (Lipinski definition) is 0. The minimum Gasteiger partial charge on any atom is -0.336 e. The predicted octanol–water partition coefficient (Wildman–Crippen LogP) is 3.55. The van der Waals surface area contributed by atoms with Gasteiger partial charge >= 0.3 is 0 Å². The van der Waals surface area contributed by atoms with Gasteiger partial charge in [-0.05, 0) is 35.7 Å². The minimum absolute atomic E-state index is 0.218. The van der Waals surface area contributed by atoms with Crippen molar-refractivity contribution in [3.05, 3.63) is 71.6 Å². The van der Waals surface area contributed by atoms with Crippen molar-refractivity contribution >= 4 is 49.0 Å². The molecule has 8 nitrogen and oxygen atoms in total. The number of rotatable bonds is 4. The number of aromatic nitrogens is 3. The van der Waals surface area contributed by atoms with Crippen molar-refractivity contribution in [1.29, 1.82) is 0 Å². The van der Waals surface area contributed by atoms with Crippen molar-refractivity contribution < 1.29 is 13.2 Å². The average Bonchev–Trinajstić information content (AvgIpc) is 3.28. The maximum absolute atomic E-state index is 13.1. The van der Waals surface area contributed by atoms with E-state index in [2.05, 4.69) is 15.0 Å². The smallest absolute Gasteiger partial charge is 0.257 e. The fraction of sp³-hybridized carbons (Fsp3) is 0.182. The van der Waals surface area contributed by atoms with Crippen LogP contribution in [-0.4, -0.2) is 64.7 Å². The molecule has 33 heavy (non-hydrogen) atoms. The highest BCUT2D eigenvalue weighted by atomic mass is 35.5. The molecule has 1 aliphatic heterocycles. The highest BCUT2D eigenvalue weighted by molar-refractivity contribution is 7.91. The largest absolute Gasteiger partial charge is 0.336 e. The first-order chi connectivity index (χ1) is 15.9. The second-order valence-corrected chi connectivity index (χ2v) is 11.1. The summed E-state index contributed by atoms with van der Waals surface area (Å²) in [7, 11) is -3.65. The average molecular weight is 500 g/mol. The van der Waals surface area contributed by atoms with Crippen molar-refractivity contribution in [2.45, 2.75) is 4.21 Å². The molecule has 0 radical (unpaired) electrons. The van der Waals surface area contributed by atoms with Crippen LogP contribution in [0.1, 0.15) is 10.4 Å². The van der Waals surface area contributed by atoms with E-state index in [9.17, 15) is 13.2 Å². The summed E-state index contributed by atoms with van der Waals surface area (Å²) in [5.41, 5.74) is 0.978. The Morgan fingerprint density at radius 2 is 1.73 bits per heavy atom. The molecule has 0 unspecified atom stereocenters. The maximum Gasteiger partial charge on any atom is 0.257 e. The van der Waals surface area contributed by atoms with Crippen LogP contribution in [0.25, 0.3) is 21.6 Å². The second kappa shape index (κ2) is 8.79. The fourth-order valence-electron chi connectivity index (χ4n) is 3.61. The summed E-state index contributed by atoms with van der Waals surface area (Å²) in [5, 5.41) is 1.41. The van der Waals surface area contributed by atoms with E-state index in [0.29, 0.717) is 22.1 Å².